The van der Waals surface area contributed by atoms with Crippen molar-refractivity contribution in [1.29, 1.82) is 0 Å². The first kappa shape index (κ1) is 9.97. The highest BCUT2D eigenvalue weighted by Crippen LogP contribution is 2.46. The summed E-state index contributed by atoms with van der Waals surface area (Å²) in [5.74, 6) is -1.97. The van der Waals surface area contributed by atoms with E-state index in [9.17, 15) is 18.9 Å². The molecule has 15 heavy (non-hydrogen) atoms. The molecule has 0 heterocycles. The predicted octanol–water partition coefficient (Wildman–Crippen LogP) is 1.82. The summed E-state index contributed by atoms with van der Waals surface area (Å²) in [6, 6.07) is 1.68. The van der Waals surface area contributed by atoms with E-state index in [1.165, 1.54) is 0 Å². The number of nitro benzene ring substituents is 1. The van der Waals surface area contributed by atoms with Crippen molar-refractivity contribution in [2.24, 2.45) is 5.73 Å². The van der Waals surface area contributed by atoms with Crippen LogP contribution in [0.25, 0.3) is 0 Å². The van der Waals surface area contributed by atoms with Crippen molar-refractivity contribution in [3.05, 3.63) is 39.4 Å². The van der Waals surface area contributed by atoms with Crippen molar-refractivity contribution >= 4 is 5.69 Å². The molecule has 0 atom stereocenters. The maximum absolute atomic E-state index is 13.6. The lowest BCUT2D eigenvalue weighted by molar-refractivity contribution is -0.387. The molecule has 4 nitrogen and oxygen atoms in total. The van der Waals surface area contributed by atoms with Crippen molar-refractivity contribution in [2.45, 2.75) is 18.4 Å². The molecule has 2 rings (SSSR count). The highest BCUT2D eigenvalue weighted by molar-refractivity contribution is 5.43. The van der Waals surface area contributed by atoms with Crippen molar-refractivity contribution in [3.8, 4) is 0 Å². The Balaban J connectivity index is 2.62. The second kappa shape index (κ2) is 2.96. The molecule has 1 fully saturated rings. The van der Waals surface area contributed by atoms with Gasteiger partial charge in [0.15, 0.2) is 0 Å². The summed E-state index contributed by atoms with van der Waals surface area (Å²) in [4.78, 5) is 9.55. The molecule has 0 aromatic heterocycles. The fourth-order valence-corrected chi connectivity index (χ4v) is 1.52. The molecular formula is C9H8F2N2O2. The zero-order chi connectivity index (χ0) is 11.2. The fourth-order valence-electron chi connectivity index (χ4n) is 1.52. The Morgan fingerprint density at radius 1 is 1.40 bits per heavy atom. The first-order chi connectivity index (χ1) is 6.96. The first-order valence-corrected chi connectivity index (χ1v) is 4.37. The van der Waals surface area contributed by atoms with Crippen LogP contribution in [0.5, 0.6) is 0 Å². The van der Waals surface area contributed by atoms with E-state index in [1.54, 1.807) is 0 Å². The molecule has 1 aromatic rings. The summed E-state index contributed by atoms with van der Waals surface area (Å²) >= 11 is 0. The topological polar surface area (TPSA) is 69.2 Å². The lowest BCUT2D eigenvalue weighted by atomic mass is 10.0. The van der Waals surface area contributed by atoms with Crippen LogP contribution < -0.4 is 5.73 Å². The lowest BCUT2D eigenvalue weighted by Gasteiger charge is -2.11. The largest absolute Gasteiger partial charge is 0.321 e. The third-order valence-electron chi connectivity index (χ3n) is 2.55. The highest BCUT2D eigenvalue weighted by Gasteiger charge is 2.46. The smallest absolute Gasteiger partial charge is 0.305 e. The van der Waals surface area contributed by atoms with E-state index in [1.807, 2.05) is 0 Å². The first-order valence-electron chi connectivity index (χ1n) is 4.37. The van der Waals surface area contributed by atoms with Crippen LogP contribution in [0, 0.1) is 21.7 Å². The van der Waals surface area contributed by atoms with Crippen molar-refractivity contribution in [2.75, 3.05) is 0 Å². The Labute approximate surface area is 83.8 Å². The minimum atomic E-state index is -1.15. The maximum atomic E-state index is 13.6. The Morgan fingerprint density at radius 2 is 2.00 bits per heavy atom. The number of benzene rings is 1. The van der Waals surface area contributed by atoms with E-state index in [0.717, 1.165) is 12.1 Å². The Hall–Kier alpha value is -1.56. The molecule has 0 amide bonds. The summed E-state index contributed by atoms with van der Waals surface area (Å²) in [7, 11) is 0. The molecule has 1 aliphatic rings. The molecule has 0 unspecified atom stereocenters. The molecule has 0 spiro atoms. The van der Waals surface area contributed by atoms with Gasteiger partial charge in [-0.1, -0.05) is 0 Å². The quantitative estimate of drug-likeness (QED) is 0.603. The van der Waals surface area contributed by atoms with Gasteiger partial charge in [0.1, 0.15) is 5.82 Å². The third-order valence-corrected chi connectivity index (χ3v) is 2.55. The average molecular weight is 214 g/mol. The minimum absolute atomic E-state index is 0.364. The van der Waals surface area contributed by atoms with E-state index in [0.29, 0.717) is 12.8 Å². The van der Waals surface area contributed by atoms with Gasteiger partial charge in [0.2, 0.25) is 5.82 Å². The monoisotopic (exact) mass is 214 g/mol. The number of halogens is 2. The van der Waals surface area contributed by atoms with Gasteiger partial charge in [-0.25, -0.2) is 4.39 Å². The van der Waals surface area contributed by atoms with Gasteiger partial charge in [0.05, 0.1) is 10.5 Å². The van der Waals surface area contributed by atoms with Gasteiger partial charge in [0.25, 0.3) is 0 Å². The number of nitrogens with two attached hydrogens (primary N) is 1. The maximum Gasteiger partial charge on any atom is 0.305 e. The van der Waals surface area contributed by atoms with Crippen LogP contribution in [0.4, 0.5) is 14.5 Å². The van der Waals surface area contributed by atoms with Crippen LogP contribution in [-0.4, -0.2) is 4.92 Å². The number of hydrogen-bond acceptors (Lipinski definition) is 3. The molecule has 1 saturated carbocycles. The molecule has 1 aliphatic carbocycles. The highest BCUT2D eigenvalue weighted by atomic mass is 19.1. The zero-order valence-electron chi connectivity index (χ0n) is 7.67. The SMILES string of the molecule is NC1(c2c(F)ccc([N+](=O)[O-])c2F)CC1. The second-order valence-electron chi connectivity index (χ2n) is 3.67. The molecule has 0 radical (unpaired) electrons. The standard InChI is InChI=1S/C9H8F2N2O2/c10-5-1-2-6(13(14)15)8(11)7(5)9(12)3-4-9/h1-2H,3-4,12H2. The number of nitro groups is 1. The molecule has 6 heteroatoms. The van der Waals surface area contributed by atoms with E-state index in [2.05, 4.69) is 0 Å². The van der Waals surface area contributed by atoms with Crippen molar-refractivity contribution < 1.29 is 13.7 Å². The summed E-state index contributed by atoms with van der Waals surface area (Å²) in [6.45, 7) is 0. The van der Waals surface area contributed by atoms with E-state index in [-0.39, 0.29) is 5.56 Å². The molecule has 80 valence electrons. The average Bonchev–Trinajstić information content (AvgIpc) is 2.83. The lowest BCUT2D eigenvalue weighted by Crippen LogP contribution is -2.22. The van der Waals surface area contributed by atoms with Crippen LogP contribution in [0.1, 0.15) is 18.4 Å². The summed E-state index contributed by atoms with van der Waals surface area (Å²) < 4.78 is 26.8. The molecular weight excluding hydrogens is 206 g/mol. The Kier molecular flexibility index (Phi) is 1.97. The van der Waals surface area contributed by atoms with Gasteiger partial charge < -0.3 is 5.73 Å². The fraction of sp³-hybridized carbons (Fsp3) is 0.333. The van der Waals surface area contributed by atoms with Crippen LogP contribution in [0.3, 0.4) is 0 Å². The number of nitrogens with zero attached hydrogens (tertiary/aromatic N) is 1. The molecule has 2 N–H and O–H groups in total. The second-order valence-corrected chi connectivity index (χ2v) is 3.67. The van der Waals surface area contributed by atoms with Gasteiger partial charge >= 0.3 is 5.69 Å². The van der Waals surface area contributed by atoms with Gasteiger partial charge in [-0.2, -0.15) is 4.39 Å². The van der Waals surface area contributed by atoms with Crippen LogP contribution >= 0.6 is 0 Å². The Bertz CT molecular complexity index is 444. The van der Waals surface area contributed by atoms with Gasteiger partial charge in [-0.15, -0.1) is 0 Å². The predicted molar refractivity (Wildman–Crippen MR) is 48.1 cm³/mol. The van der Waals surface area contributed by atoms with E-state index in [4.69, 9.17) is 5.73 Å². The summed E-state index contributed by atoms with van der Waals surface area (Å²) in [6.07, 6.45) is 0.893. The van der Waals surface area contributed by atoms with E-state index >= 15 is 0 Å². The molecule has 0 saturated heterocycles. The molecule has 1 aromatic carbocycles. The van der Waals surface area contributed by atoms with Gasteiger partial charge in [-0.3, -0.25) is 10.1 Å². The molecule has 0 aliphatic heterocycles. The van der Waals surface area contributed by atoms with Crippen LogP contribution in [0.2, 0.25) is 0 Å². The summed E-state index contributed by atoms with van der Waals surface area (Å²) in [5.41, 5.74) is 3.48. The van der Waals surface area contributed by atoms with Crippen molar-refractivity contribution in [3.63, 3.8) is 0 Å². The summed E-state index contributed by atoms with van der Waals surface area (Å²) in [5, 5.41) is 10.4. The minimum Gasteiger partial charge on any atom is -0.321 e. The normalized spacial score (nSPS) is 17.5. The van der Waals surface area contributed by atoms with Crippen molar-refractivity contribution in [1.82, 2.24) is 0 Å². The number of hydrogen-bond donors (Lipinski definition) is 1. The third kappa shape index (κ3) is 1.46. The zero-order valence-corrected chi connectivity index (χ0v) is 7.67. The Morgan fingerprint density at radius 3 is 2.47 bits per heavy atom. The van der Waals surface area contributed by atoms with Crippen LogP contribution in [0.15, 0.2) is 12.1 Å². The van der Waals surface area contributed by atoms with Crippen LogP contribution in [-0.2, 0) is 5.54 Å². The van der Waals surface area contributed by atoms with E-state index < -0.39 is 27.8 Å². The van der Waals surface area contributed by atoms with Gasteiger partial charge in [0, 0.05) is 11.6 Å². The molecule has 0 bridgehead atoms. The van der Waals surface area contributed by atoms with Gasteiger partial charge in [-0.05, 0) is 18.9 Å². The number of rotatable bonds is 2.